The van der Waals surface area contributed by atoms with Gasteiger partial charge in [-0.3, -0.25) is 0 Å². The summed E-state index contributed by atoms with van der Waals surface area (Å²) < 4.78 is 5.40. The molecule has 0 heterocycles. The van der Waals surface area contributed by atoms with E-state index >= 15 is 0 Å². The van der Waals surface area contributed by atoms with Crippen molar-refractivity contribution in [2.45, 2.75) is 13.3 Å². The second-order valence-electron chi connectivity index (χ2n) is 2.49. The number of hydrogen-bond acceptors (Lipinski definition) is 1. The van der Waals surface area contributed by atoms with Crippen molar-refractivity contribution in [1.82, 2.24) is 0 Å². The molecule has 1 radical (unpaired) electrons. The minimum atomic E-state index is 0.712. The van der Waals surface area contributed by atoms with Crippen LogP contribution in [0.3, 0.4) is 0 Å². The molecule has 0 aliphatic rings. The summed E-state index contributed by atoms with van der Waals surface area (Å²) in [6.07, 6.45) is 2.90. The van der Waals surface area contributed by atoms with Crippen LogP contribution in [-0.4, -0.2) is 0 Å². The molecule has 0 aliphatic carbocycles. The zero-order valence-electron chi connectivity index (χ0n) is 7.29. The van der Waals surface area contributed by atoms with Crippen molar-refractivity contribution in [3.05, 3.63) is 49.1 Å². The van der Waals surface area contributed by atoms with Crippen molar-refractivity contribution in [3.63, 3.8) is 0 Å². The van der Waals surface area contributed by atoms with Gasteiger partial charge in [-0.1, -0.05) is 25.1 Å². The molecule has 1 aromatic rings. The second-order valence-corrected chi connectivity index (χ2v) is 2.49. The van der Waals surface area contributed by atoms with Gasteiger partial charge in [0.1, 0.15) is 11.5 Å². The van der Waals surface area contributed by atoms with Crippen LogP contribution in [0.1, 0.15) is 13.3 Å². The molecule has 1 rings (SSSR count). The number of rotatable bonds is 3. The fourth-order valence-corrected chi connectivity index (χ4v) is 0.909. The largest absolute Gasteiger partial charge is 0.462 e. The Balaban J connectivity index is 2.58. The van der Waals surface area contributed by atoms with Crippen LogP contribution in [-0.2, 0) is 0 Å². The number of para-hydroxylation sites is 1. The van der Waals surface area contributed by atoms with Crippen LogP contribution >= 0.6 is 0 Å². The summed E-state index contributed by atoms with van der Waals surface area (Å²) in [7, 11) is 0. The lowest BCUT2D eigenvalue weighted by atomic mass is 10.3. The molecule has 1 heteroatoms. The van der Waals surface area contributed by atoms with Crippen LogP contribution < -0.4 is 4.74 Å². The van der Waals surface area contributed by atoms with E-state index in [1.165, 1.54) is 0 Å². The van der Waals surface area contributed by atoms with Crippen molar-refractivity contribution < 1.29 is 4.74 Å². The van der Waals surface area contributed by atoms with Gasteiger partial charge in [0, 0.05) is 6.92 Å². The van der Waals surface area contributed by atoms with Crippen LogP contribution in [0.4, 0.5) is 0 Å². The van der Waals surface area contributed by atoms with Crippen molar-refractivity contribution in [3.8, 4) is 5.75 Å². The van der Waals surface area contributed by atoms with Gasteiger partial charge in [-0.15, -0.1) is 0 Å². The molecule has 1 nitrogen and oxygen atoms in total. The molecule has 0 N–H and O–H groups in total. The normalized spacial score (nSPS) is 11.3. The number of hydrogen-bond donors (Lipinski definition) is 0. The Morgan fingerprint density at radius 3 is 2.67 bits per heavy atom. The van der Waals surface area contributed by atoms with Gasteiger partial charge in [-0.05, 0) is 24.6 Å². The van der Waals surface area contributed by atoms with E-state index < -0.39 is 0 Å². The van der Waals surface area contributed by atoms with E-state index in [0.29, 0.717) is 5.76 Å². The molecule has 0 aliphatic heterocycles. The summed E-state index contributed by atoms with van der Waals surface area (Å²) >= 11 is 0. The Hall–Kier alpha value is -1.24. The van der Waals surface area contributed by atoms with Crippen LogP contribution in [0.15, 0.2) is 42.2 Å². The fraction of sp³-hybridized carbons (Fsp3) is 0.182. The maximum Gasteiger partial charge on any atom is 0.126 e. The van der Waals surface area contributed by atoms with E-state index in [1.807, 2.05) is 36.4 Å². The number of ether oxygens (including phenoxy) is 1. The van der Waals surface area contributed by atoms with E-state index in [1.54, 1.807) is 0 Å². The first kappa shape index (κ1) is 8.85. The third kappa shape index (κ3) is 2.79. The highest BCUT2D eigenvalue weighted by atomic mass is 16.5. The fourth-order valence-electron chi connectivity index (χ4n) is 0.909. The van der Waals surface area contributed by atoms with Gasteiger partial charge < -0.3 is 4.74 Å². The molecule has 0 aromatic heterocycles. The van der Waals surface area contributed by atoms with E-state index in [2.05, 4.69) is 13.8 Å². The highest BCUT2D eigenvalue weighted by molar-refractivity contribution is 5.23. The molecule has 0 saturated heterocycles. The van der Waals surface area contributed by atoms with Gasteiger partial charge in [-0.25, -0.2) is 0 Å². The summed E-state index contributed by atoms with van der Waals surface area (Å²) in [5, 5.41) is 0. The minimum Gasteiger partial charge on any atom is -0.462 e. The summed E-state index contributed by atoms with van der Waals surface area (Å²) in [4.78, 5) is 0. The molecule has 0 fully saturated rings. The van der Waals surface area contributed by atoms with Gasteiger partial charge in [0.25, 0.3) is 0 Å². The van der Waals surface area contributed by atoms with Crippen LogP contribution in [0, 0.1) is 6.92 Å². The zero-order valence-corrected chi connectivity index (χ0v) is 7.29. The van der Waals surface area contributed by atoms with Crippen LogP contribution in [0.2, 0.25) is 0 Å². The molecule has 12 heavy (non-hydrogen) atoms. The molecule has 0 spiro atoms. The van der Waals surface area contributed by atoms with Gasteiger partial charge in [0.15, 0.2) is 0 Å². The average molecular weight is 161 g/mol. The zero-order chi connectivity index (χ0) is 8.81. The third-order valence-electron chi connectivity index (χ3n) is 1.42. The standard InChI is InChI=1S/C11H13O/c1-3-7-10(2)12-11-8-5-4-6-9-11/h4-9H,2-3H2,1H3. The topological polar surface area (TPSA) is 9.23 Å². The summed E-state index contributed by atoms with van der Waals surface area (Å²) in [5.41, 5.74) is 0. The Labute approximate surface area is 73.7 Å². The number of benzene rings is 1. The summed E-state index contributed by atoms with van der Waals surface area (Å²) in [6.45, 7) is 5.82. The van der Waals surface area contributed by atoms with Gasteiger partial charge >= 0.3 is 0 Å². The lowest BCUT2D eigenvalue weighted by Gasteiger charge is -2.03. The number of allylic oxidation sites excluding steroid dienone is 2. The SMILES string of the molecule is [CH2]C(=CCC)Oc1ccccc1. The molecule has 63 valence electrons. The van der Waals surface area contributed by atoms with Crippen LogP contribution in [0.5, 0.6) is 5.75 Å². The molecule has 1 aromatic carbocycles. The van der Waals surface area contributed by atoms with E-state index in [0.717, 1.165) is 12.2 Å². The molecule has 0 saturated carbocycles. The highest BCUT2D eigenvalue weighted by Gasteiger charge is 1.91. The van der Waals surface area contributed by atoms with E-state index in [4.69, 9.17) is 4.74 Å². The predicted molar refractivity (Wildman–Crippen MR) is 50.8 cm³/mol. The first-order valence-electron chi connectivity index (χ1n) is 4.08. The molecular formula is C11H13O. The van der Waals surface area contributed by atoms with Crippen LogP contribution in [0.25, 0.3) is 0 Å². The van der Waals surface area contributed by atoms with E-state index in [-0.39, 0.29) is 0 Å². The Morgan fingerprint density at radius 2 is 2.08 bits per heavy atom. The Bertz CT molecular complexity index is 249. The summed E-state index contributed by atoms with van der Waals surface area (Å²) in [5.74, 6) is 1.55. The van der Waals surface area contributed by atoms with Gasteiger partial charge in [0.05, 0.1) is 0 Å². The van der Waals surface area contributed by atoms with Crippen molar-refractivity contribution in [2.75, 3.05) is 0 Å². The maximum absolute atomic E-state index is 5.40. The lowest BCUT2D eigenvalue weighted by Crippen LogP contribution is -1.89. The van der Waals surface area contributed by atoms with Crippen molar-refractivity contribution in [2.24, 2.45) is 0 Å². The second kappa shape index (κ2) is 4.60. The average Bonchev–Trinajstić information content (AvgIpc) is 2.06. The predicted octanol–water partition coefficient (Wildman–Crippen LogP) is 3.19. The first-order valence-corrected chi connectivity index (χ1v) is 4.08. The highest BCUT2D eigenvalue weighted by Crippen LogP contribution is 2.12. The minimum absolute atomic E-state index is 0.712. The molecule has 0 amide bonds. The molecule has 0 unspecified atom stereocenters. The lowest BCUT2D eigenvalue weighted by molar-refractivity contribution is 0.441. The Morgan fingerprint density at radius 1 is 1.42 bits per heavy atom. The monoisotopic (exact) mass is 161 g/mol. The van der Waals surface area contributed by atoms with Crippen molar-refractivity contribution >= 4 is 0 Å². The Kier molecular flexibility index (Phi) is 3.39. The van der Waals surface area contributed by atoms with Gasteiger partial charge in [0.2, 0.25) is 0 Å². The molecule has 0 atom stereocenters. The van der Waals surface area contributed by atoms with E-state index in [9.17, 15) is 0 Å². The van der Waals surface area contributed by atoms with Gasteiger partial charge in [-0.2, -0.15) is 0 Å². The quantitative estimate of drug-likeness (QED) is 0.618. The smallest absolute Gasteiger partial charge is 0.126 e. The summed E-state index contributed by atoms with van der Waals surface area (Å²) in [6, 6.07) is 9.66. The first-order chi connectivity index (χ1) is 5.83. The maximum atomic E-state index is 5.40. The van der Waals surface area contributed by atoms with Crippen molar-refractivity contribution in [1.29, 1.82) is 0 Å². The third-order valence-corrected chi connectivity index (χ3v) is 1.42. The molecular weight excluding hydrogens is 148 g/mol. The molecule has 0 bridgehead atoms.